The molecule has 6 aromatic rings. The second-order valence-electron chi connectivity index (χ2n) is 14.2. The van der Waals surface area contributed by atoms with E-state index in [1.807, 2.05) is 6.07 Å². The van der Waals surface area contributed by atoms with Crippen LogP contribution in [0.3, 0.4) is 0 Å². The lowest BCUT2D eigenvalue weighted by Crippen LogP contribution is -2.44. The highest BCUT2D eigenvalue weighted by Crippen LogP contribution is 2.45. The SMILES string of the molecule is C[N+](C)(CC(=O)O)c1ccc(-c2cc(Cl)c(Cl)cc2Cl)c(Cl)c1.O=C(O)CSc1cc(Cl)c(-c2cc(Cl)c(Cl)cc2Cl)cc1Cl.O=C(O)Cc1c(Cl)c(Cl)cc(-c2cc(Cl)c(Cl)cc2Cl)c1Cl. The van der Waals surface area contributed by atoms with E-state index in [1.165, 1.54) is 24.3 Å². The van der Waals surface area contributed by atoms with E-state index in [0.29, 0.717) is 88.5 Å². The van der Waals surface area contributed by atoms with Crippen LogP contribution < -0.4 is 4.48 Å². The molecular formula is C44H27Cl15NO6S+. The van der Waals surface area contributed by atoms with Crippen molar-refractivity contribution in [3.05, 3.63) is 154 Å². The van der Waals surface area contributed by atoms with Crippen molar-refractivity contribution in [3.63, 3.8) is 0 Å². The van der Waals surface area contributed by atoms with Crippen LogP contribution in [0.1, 0.15) is 5.56 Å². The lowest BCUT2D eigenvalue weighted by molar-refractivity contribution is -0.138. The highest BCUT2D eigenvalue weighted by Gasteiger charge is 2.25. The molecule has 0 unspecified atom stereocenters. The Bertz CT molecular complexity index is 2920. The van der Waals surface area contributed by atoms with E-state index in [1.54, 1.807) is 56.6 Å². The predicted molar refractivity (Wildman–Crippen MR) is 287 cm³/mol. The summed E-state index contributed by atoms with van der Waals surface area (Å²) in [5.74, 6) is -3.02. The van der Waals surface area contributed by atoms with Gasteiger partial charge in [-0.2, -0.15) is 0 Å². The topological polar surface area (TPSA) is 112 Å². The summed E-state index contributed by atoms with van der Waals surface area (Å²) in [6.45, 7) is -0.0524. The molecule has 0 aliphatic heterocycles. The summed E-state index contributed by atoms with van der Waals surface area (Å²) in [5, 5.41) is 31.5. The van der Waals surface area contributed by atoms with Gasteiger partial charge in [0.2, 0.25) is 0 Å². The molecule has 67 heavy (non-hydrogen) atoms. The molecule has 3 N–H and O–H groups in total. The highest BCUT2D eigenvalue weighted by molar-refractivity contribution is 8.00. The number of carboxylic acids is 3. The molecule has 0 bridgehead atoms. The first-order valence-electron chi connectivity index (χ1n) is 18.1. The molecule has 0 aromatic heterocycles. The minimum Gasteiger partial charge on any atom is -0.481 e. The minimum atomic E-state index is -1.09. The first-order valence-corrected chi connectivity index (χ1v) is 24.8. The molecule has 0 aliphatic carbocycles. The van der Waals surface area contributed by atoms with Gasteiger partial charge in [-0.15, -0.1) is 11.8 Å². The molecule has 0 aliphatic rings. The number of hydrogen-bond donors (Lipinski definition) is 3. The monoisotopic (exact) mass is 1220 g/mol. The van der Waals surface area contributed by atoms with Gasteiger partial charge in [-0.3, -0.25) is 14.1 Å². The molecule has 0 atom stereocenters. The number of nitrogens with zero attached hydrogens (tertiary/aromatic N) is 1. The quantitative estimate of drug-likeness (QED) is 0.0673. The van der Waals surface area contributed by atoms with Gasteiger partial charge in [0.05, 0.1) is 96.6 Å². The fraction of sp³-hybridized carbons (Fsp3) is 0.114. The van der Waals surface area contributed by atoms with Crippen LogP contribution in [0.15, 0.2) is 77.7 Å². The Morgan fingerprint density at radius 1 is 0.418 bits per heavy atom. The van der Waals surface area contributed by atoms with Gasteiger partial charge in [0.25, 0.3) is 0 Å². The largest absolute Gasteiger partial charge is 0.481 e. The molecule has 0 saturated heterocycles. The molecule has 0 amide bonds. The number of carbonyl (C=O) groups is 3. The van der Waals surface area contributed by atoms with E-state index in [4.69, 9.17) is 189 Å². The van der Waals surface area contributed by atoms with Crippen LogP contribution in [0.4, 0.5) is 5.69 Å². The Balaban J connectivity index is 0.000000219. The Hall–Kier alpha value is -1.61. The summed E-state index contributed by atoms with van der Waals surface area (Å²) in [5.41, 5.74) is 4.45. The van der Waals surface area contributed by atoms with Gasteiger partial charge in [-0.25, -0.2) is 4.79 Å². The van der Waals surface area contributed by atoms with Crippen molar-refractivity contribution < 1.29 is 29.7 Å². The number of benzene rings is 6. The maximum Gasteiger partial charge on any atom is 0.359 e. The molecule has 0 radical (unpaired) electrons. The first-order chi connectivity index (χ1) is 31.1. The van der Waals surface area contributed by atoms with E-state index in [2.05, 4.69) is 0 Å². The van der Waals surface area contributed by atoms with Crippen molar-refractivity contribution in [2.45, 2.75) is 11.3 Å². The second kappa shape index (κ2) is 25.2. The Morgan fingerprint density at radius 2 is 0.806 bits per heavy atom. The molecule has 0 saturated carbocycles. The zero-order chi connectivity index (χ0) is 50.4. The summed E-state index contributed by atoms with van der Waals surface area (Å²) < 4.78 is 0.171. The minimum absolute atomic E-state index is 0.0524. The summed E-state index contributed by atoms with van der Waals surface area (Å²) in [6, 6.07) is 19.4. The Kier molecular flexibility index (Phi) is 21.8. The summed E-state index contributed by atoms with van der Waals surface area (Å²) >= 11 is 92.7. The molecule has 6 rings (SSSR count). The van der Waals surface area contributed by atoms with Gasteiger partial charge in [0, 0.05) is 54.9 Å². The van der Waals surface area contributed by atoms with Crippen LogP contribution in [0.25, 0.3) is 33.4 Å². The van der Waals surface area contributed by atoms with Gasteiger partial charge in [-0.05, 0) is 66.7 Å². The van der Waals surface area contributed by atoms with Gasteiger partial charge in [0.1, 0.15) is 5.69 Å². The molecule has 6 aromatic carbocycles. The molecule has 23 heteroatoms. The molecule has 354 valence electrons. The Labute approximate surface area is 463 Å². The Morgan fingerprint density at radius 3 is 1.24 bits per heavy atom. The number of quaternary nitrogens is 1. The lowest BCUT2D eigenvalue weighted by atomic mass is 10.0. The maximum atomic E-state index is 11.0. The van der Waals surface area contributed by atoms with E-state index < -0.39 is 17.9 Å². The van der Waals surface area contributed by atoms with Crippen molar-refractivity contribution in [3.8, 4) is 33.4 Å². The molecule has 0 spiro atoms. The summed E-state index contributed by atoms with van der Waals surface area (Å²) in [7, 11) is 3.59. The van der Waals surface area contributed by atoms with E-state index in [9.17, 15) is 14.4 Å². The zero-order valence-corrected chi connectivity index (χ0v) is 45.8. The summed E-state index contributed by atoms with van der Waals surface area (Å²) in [4.78, 5) is 33.2. The van der Waals surface area contributed by atoms with Crippen LogP contribution in [-0.2, 0) is 20.8 Å². The third kappa shape index (κ3) is 15.4. The van der Waals surface area contributed by atoms with Crippen molar-refractivity contribution in [1.82, 2.24) is 4.48 Å². The van der Waals surface area contributed by atoms with Crippen LogP contribution in [-0.4, -0.2) is 59.6 Å². The maximum absolute atomic E-state index is 11.0. The third-order valence-corrected chi connectivity index (χ3v) is 15.5. The molecule has 7 nitrogen and oxygen atoms in total. The van der Waals surface area contributed by atoms with Crippen LogP contribution in [0.5, 0.6) is 0 Å². The second-order valence-corrected chi connectivity index (χ2v) is 21.2. The average Bonchev–Trinajstić information content (AvgIpc) is 3.22. The number of aliphatic carboxylic acids is 3. The summed E-state index contributed by atoms with van der Waals surface area (Å²) in [6.07, 6.45) is -0.371. The van der Waals surface area contributed by atoms with Crippen molar-refractivity contribution in [2.75, 3.05) is 26.4 Å². The predicted octanol–water partition coefficient (Wildman–Crippen LogP) is 19.3. The van der Waals surface area contributed by atoms with Crippen LogP contribution in [0.2, 0.25) is 75.3 Å². The van der Waals surface area contributed by atoms with Gasteiger partial charge in [-0.1, -0.05) is 174 Å². The normalized spacial score (nSPS) is 11.1. The third-order valence-electron chi connectivity index (χ3n) is 9.03. The fourth-order valence-corrected chi connectivity index (χ4v) is 10.2. The van der Waals surface area contributed by atoms with Crippen LogP contribution in [0, 0.1) is 0 Å². The average molecular weight is 1230 g/mol. The molecule has 0 heterocycles. The highest BCUT2D eigenvalue weighted by atomic mass is 35.5. The number of rotatable bonds is 11. The zero-order valence-electron chi connectivity index (χ0n) is 33.6. The smallest absolute Gasteiger partial charge is 0.359 e. The van der Waals surface area contributed by atoms with Crippen LogP contribution >= 0.6 is 186 Å². The number of thioether (sulfide) groups is 1. The van der Waals surface area contributed by atoms with E-state index >= 15 is 0 Å². The van der Waals surface area contributed by atoms with Crippen molar-refractivity contribution in [2.24, 2.45) is 0 Å². The molecule has 0 fully saturated rings. The van der Waals surface area contributed by atoms with Gasteiger partial charge < -0.3 is 15.3 Å². The first kappa shape index (κ1) is 58.0. The number of carboxylic acid groups (broad SMARTS) is 3. The van der Waals surface area contributed by atoms with Crippen molar-refractivity contribution >= 4 is 209 Å². The molecular weight excluding hydrogens is 1200 g/mol. The lowest BCUT2D eigenvalue weighted by Gasteiger charge is -2.27. The standard InChI is InChI=1S/C16H13Cl4NO2.C14H6Cl6O2.C14H7Cl5O2S/c1-21(2,8-16(22)23)9-3-4-10(12(17)5-9)11-6-14(19)15(20)7-13(11)18;15-8-4-10(17)9(16)1-5(8)6-2-11(18)14(20)7(13(6)19)3-12(21)22;15-8-3-11(18)10(17)1-6(8)7-2-12(19)13(4-9(7)16)22-5-14(20)21/h3-7H,8H2,1-2H3;1-2,4H,3H2,(H,21,22);1-4H,5H2,(H,20,21)/p+1. The fourth-order valence-electron chi connectivity index (χ4n) is 5.86. The van der Waals surface area contributed by atoms with Crippen molar-refractivity contribution in [1.29, 1.82) is 0 Å². The number of halogens is 15. The van der Waals surface area contributed by atoms with Gasteiger partial charge >= 0.3 is 17.9 Å². The van der Waals surface area contributed by atoms with E-state index in [0.717, 1.165) is 17.4 Å². The van der Waals surface area contributed by atoms with Gasteiger partial charge in [0.15, 0.2) is 6.54 Å². The number of likely N-dealkylation sites (N-methyl/N-ethyl adjacent to an activating group) is 1. The number of hydrogen-bond acceptors (Lipinski definition) is 4. The van der Waals surface area contributed by atoms with E-state index in [-0.39, 0.29) is 53.9 Å².